The number of hydrogen-bond acceptors (Lipinski definition) is 2. The molecule has 0 spiro atoms. The molecule has 0 amide bonds. The Kier molecular flexibility index (Phi) is 1.65. The Hall–Kier alpha value is 0.0700. The number of alkyl halides is 1. The van der Waals surface area contributed by atoms with Crippen molar-refractivity contribution < 1.29 is 9.59 Å². The Morgan fingerprint density at radius 3 is 1.85 bits per heavy atom. The summed E-state index contributed by atoms with van der Waals surface area (Å²) in [6.45, 7) is 0. The molecule has 4 rings (SSSR count). The molecular weight excluding hydrogens is 279 g/mol. The second-order valence-electron chi connectivity index (χ2n) is 4.56. The van der Waals surface area contributed by atoms with E-state index in [0.717, 1.165) is 19.3 Å². The van der Waals surface area contributed by atoms with Gasteiger partial charge in [0.15, 0.2) is 0 Å². The molecule has 0 aromatic rings. The van der Waals surface area contributed by atoms with Gasteiger partial charge in [-0.1, -0.05) is 22.6 Å². The molecule has 2 nitrogen and oxygen atoms in total. The van der Waals surface area contributed by atoms with Gasteiger partial charge in [-0.25, -0.2) is 0 Å². The van der Waals surface area contributed by atoms with E-state index in [1.807, 2.05) is 0 Å². The zero-order chi connectivity index (χ0) is 9.16. The highest BCUT2D eigenvalue weighted by atomic mass is 127. The largest absolute Gasteiger partial charge is 0.299 e. The van der Waals surface area contributed by atoms with Crippen LogP contribution in [0.3, 0.4) is 0 Å². The minimum absolute atomic E-state index is 0.223. The molecule has 0 radical (unpaired) electrons. The summed E-state index contributed by atoms with van der Waals surface area (Å²) in [5.41, 5.74) is 0. The summed E-state index contributed by atoms with van der Waals surface area (Å²) in [5.74, 6) is 1.86. The van der Waals surface area contributed by atoms with E-state index >= 15 is 0 Å². The van der Waals surface area contributed by atoms with Crippen LogP contribution in [0.5, 0.6) is 0 Å². The van der Waals surface area contributed by atoms with Crippen LogP contribution < -0.4 is 0 Å². The molecule has 13 heavy (non-hydrogen) atoms. The van der Waals surface area contributed by atoms with Crippen LogP contribution in [-0.4, -0.2) is 15.5 Å². The summed E-state index contributed by atoms with van der Waals surface area (Å²) in [6, 6.07) is 0. The summed E-state index contributed by atoms with van der Waals surface area (Å²) in [5, 5.41) is 0. The van der Waals surface area contributed by atoms with Crippen LogP contribution in [0.15, 0.2) is 0 Å². The predicted octanol–water partition coefficient (Wildman–Crippen LogP) is 1.60. The number of ketones is 2. The Bertz CT molecular complexity index is 271. The summed E-state index contributed by atoms with van der Waals surface area (Å²) in [7, 11) is 0. The van der Waals surface area contributed by atoms with E-state index in [1.54, 1.807) is 0 Å². The molecular formula is C10H11IO2. The van der Waals surface area contributed by atoms with Gasteiger partial charge in [0, 0.05) is 27.6 Å². The normalized spacial score (nSPS) is 53.2. The van der Waals surface area contributed by atoms with Gasteiger partial charge in [-0.05, 0) is 19.3 Å². The highest BCUT2D eigenvalue weighted by molar-refractivity contribution is 14.1. The zero-order valence-corrected chi connectivity index (χ0v) is 9.36. The van der Waals surface area contributed by atoms with Crippen molar-refractivity contribution in [2.75, 3.05) is 0 Å². The maximum atomic E-state index is 11.8. The van der Waals surface area contributed by atoms with Crippen molar-refractivity contribution in [1.82, 2.24) is 0 Å². The van der Waals surface area contributed by atoms with Gasteiger partial charge < -0.3 is 0 Å². The van der Waals surface area contributed by atoms with E-state index in [0.29, 0.717) is 15.5 Å². The molecule has 0 aliphatic heterocycles. The van der Waals surface area contributed by atoms with Crippen molar-refractivity contribution in [2.24, 2.45) is 23.7 Å². The van der Waals surface area contributed by atoms with Gasteiger partial charge in [-0.2, -0.15) is 0 Å². The lowest BCUT2D eigenvalue weighted by Crippen LogP contribution is -2.56. The summed E-state index contributed by atoms with van der Waals surface area (Å²) in [6.07, 6.45) is 2.59. The van der Waals surface area contributed by atoms with Gasteiger partial charge in [0.2, 0.25) is 0 Å². The van der Waals surface area contributed by atoms with Crippen LogP contribution in [0, 0.1) is 23.7 Å². The predicted molar refractivity (Wildman–Crippen MR) is 55.6 cm³/mol. The first-order valence-electron chi connectivity index (χ1n) is 4.90. The molecule has 4 atom stereocenters. The smallest absolute Gasteiger partial charge is 0.140 e. The van der Waals surface area contributed by atoms with Crippen molar-refractivity contribution in [1.29, 1.82) is 0 Å². The number of rotatable bonds is 0. The number of carbonyl (C=O) groups excluding carboxylic acids is 2. The second-order valence-corrected chi connectivity index (χ2v) is 6.00. The van der Waals surface area contributed by atoms with Crippen LogP contribution in [0.4, 0.5) is 0 Å². The Labute approximate surface area is 90.6 Å². The van der Waals surface area contributed by atoms with Gasteiger partial charge in [0.1, 0.15) is 11.6 Å². The third-order valence-corrected chi connectivity index (χ3v) is 5.69. The lowest BCUT2D eigenvalue weighted by molar-refractivity contribution is -0.149. The minimum atomic E-state index is 0.223. The monoisotopic (exact) mass is 290 g/mol. The van der Waals surface area contributed by atoms with Gasteiger partial charge in [0.25, 0.3) is 0 Å². The van der Waals surface area contributed by atoms with E-state index in [9.17, 15) is 9.59 Å². The molecule has 4 unspecified atom stereocenters. The van der Waals surface area contributed by atoms with E-state index in [-0.39, 0.29) is 23.7 Å². The molecule has 0 heterocycles. The van der Waals surface area contributed by atoms with Crippen LogP contribution in [-0.2, 0) is 9.59 Å². The maximum Gasteiger partial charge on any atom is 0.140 e. The van der Waals surface area contributed by atoms with Crippen molar-refractivity contribution in [3.05, 3.63) is 0 Å². The van der Waals surface area contributed by atoms with E-state index in [2.05, 4.69) is 22.6 Å². The van der Waals surface area contributed by atoms with Gasteiger partial charge in [-0.3, -0.25) is 9.59 Å². The first-order valence-corrected chi connectivity index (χ1v) is 6.14. The fourth-order valence-corrected chi connectivity index (χ4v) is 4.60. The molecule has 70 valence electrons. The number of carbonyl (C=O) groups is 2. The number of hydrogen-bond donors (Lipinski definition) is 0. The fourth-order valence-electron chi connectivity index (χ4n) is 3.31. The summed E-state index contributed by atoms with van der Waals surface area (Å²) >= 11 is 2.32. The van der Waals surface area contributed by atoms with E-state index in [4.69, 9.17) is 0 Å². The van der Waals surface area contributed by atoms with E-state index in [1.165, 1.54) is 0 Å². The molecule has 4 aliphatic rings. The Morgan fingerprint density at radius 1 is 0.923 bits per heavy atom. The molecule has 0 N–H and O–H groups in total. The second kappa shape index (κ2) is 2.55. The van der Waals surface area contributed by atoms with Crippen molar-refractivity contribution in [3.8, 4) is 0 Å². The highest BCUT2D eigenvalue weighted by Gasteiger charge is 2.56. The zero-order valence-electron chi connectivity index (χ0n) is 7.20. The first-order chi connectivity index (χ1) is 6.18. The Balaban J connectivity index is 2.04. The quantitative estimate of drug-likeness (QED) is 0.501. The summed E-state index contributed by atoms with van der Waals surface area (Å²) in [4.78, 5) is 23.5. The lowest BCUT2D eigenvalue weighted by atomic mass is 9.55. The van der Waals surface area contributed by atoms with Gasteiger partial charge in [-0.15, -0.1) is 0 Å². The van der Waals surface area contributed by atoms with Crippen LogP contribution in [0.25, 0.3) is 0 Å². The van der Waals surface area contributed by atoms with Crippen LogP contribution >= 0.6 is 22.6 Å². The molecule has 4 saturated carbocycles. The third-order valence-electron chi connectivity index (χ3n) is 3.95. The average Bonchev–Trinajstić information content (AvgIpc) is 2.10. The SMILES string of the molecule is O=C1C2CC3CC1C(I)C(C2)C3=O. The molecule has 3 heteroatoms. The standard InChI is InChI=1S/C10H11IO2/c11-8-6-2-4-1-5(10(6)13)3-7(8)9(4)12/h4-8H,1-3H2. The topological polar surface area (TPSA) is 34.1 Å². The van der Waals surface area contributed by atoms with Crippen molar-refractivity contribution in [3.63, 3.8) is 0 Å². The molecule has 4 aliphatic carbocycles. The molecule has 0 saturated heterocycles. The molecule has 0 aromatic carbocycles. The summed E-state index contributed by atoms with van der Waals surface area (Å²) < 4.78 is 0.311. The van der Waals surface area contributed by atoms with Gasteiger partial charge in [0.05, 0.1) is 0 Å². The van der Waals surface area contributed by atoms with Crippen molar-refractivity contribution >= 4 is 34.2 Å². The average molecular weight is 290 g/mol. The van der Waals surface area contributed by atoms with Gasteiger partial charge >= 0.3 is 0 Å². The maximum absolute atomic E-state index is 11.8. The first kappa shape index (κ1) is 8.38. The highest BCUT2D eigenvalue weighted by Crippen LogP contribution is 2.52. The van der Waals surface area contributed by atoms with Crippen molar-refractivity contribution in [2.45, 2.75) is 23.2 Å². The third kappa shape index (κ3) is 0.941. The fraction of sp³-hybridized carbons (Fsp3) is 0.800. The minimum Gasteiger partial charge on any atom is -0.299 e. The number of halogens is 1. The molecule has 0 aromatic heterocycles. The molecule has 4 fully saturated rings. The van der Waals surface area contributed by atoms with Crippen LogP contribution in [0.1, 0.15) is 19.3 Å². The lowest BCUT2D eigenvalue weighted by Gasteiger charge is -2.50. The Morgan fingerprint density at radius 2 is 1.38 bits per heavy atom. The number of Topliss-reactive ketones (excluding diaryl/α,β-unsaturated/α-hetero) is 2. The van der Waals surface area contributed by atoms with E-state index < -0.39 is 0 Å². The molecule has 4 bridgehead atoms. The van der Waals surface area contributed by atoms with Crippen LogP contribution in [0.2, 0.25) is 0 Å².